The largest absolute Gasteiger partial charge is 0.530 e. The third-order valence-electron chi connectivity index (χ3n) is 10.1. The quantitative estimate of drug-likeness (QED) is 0.0957. The van der Waals surface area contributed by atoms with Crippen molar-refractivity contribution in [2.75, 3.05) is 0 Å². The topological polar surface area (TPSA) is 98.5 Å². The fourth-order valence-corrected chi connectivity index (χ4v) is 9.98. The zero-order valence-corrected chi connectivity index (χ0v) is 34.1. The van der Waals surface area contributed by atoms with Crippen molar-refractivity contribution in [1.82, 2.24) is 0 Å². The smallest absolute Gasteiger partial charge is 0.417 e. The molecule has 0 N–H and O–H groups in total. The van der Waals surface area contributed by atoms with Crippen LogP contribution in [0.4, 0.5) is 5.69 Å². The molecule has 0 saturated heterocycles. The van der Waals surface area contributed by atoms with Crippen molar-refractivity contribution in [3.8, 4) is 28.7 Å². The summed E-state index contributed by atoms with van der Waals surface area (Å²) < 4.78 is 39.5. The van der Waals surface area contributed by atoms with Crippen molar-refractivity contribution >= 4 is 22.9 Å². The summed E-state index contributed by atoms with van der Waals surface area (Å²) in [6, 6.07) is 21.4. The molecule has 0 bridgehead atoms. The van der Waals surface area contributed by atoms with Gasteiger partial charge in [-0.1, -0.05) is 84.6 Å². The number of benzene rings is 5. The Balaban J connectivity index is 1.26. The van der Waals surface area contributed by atoms with Crippen LogP contribution in [-0.4, -0.2) is 4.92 Å². The lowest BCUT2D eigenvalue weighted by Crippen LogP contribution is -2.14. The molecule has 0 atom stereocenters. The Morgan fingerprint density at radius 1 is 0.574 bits per heavy atom. The van der Waals surface area contributed by atoms with Crippen LogP contribution in [0.15, 0.2) is 66.7 Å². The van der Waals surface area contributed by atoms with E-state index in [0.29, 0.717) is 17.1 Å². The fourth-order valence-electron chi connectivity index (χ4n) is 7.56. The standard InChI is InChI=1S/C43H45NO8P2/c1-23-13-27(5)40-35(17-23)31(9)36-18-24(2)14-28(6)41(36)50-53(49-40)47-22-33-11-12-34(44(45)46)21-39(33)48-54-51-42-29(7)15-25(3)19-37(42)32(10)38-20-26(4)16-30(8)43(38)52-54/h11-21,31-32H,22H2,1-10H3. The molecule has 5 aromatic rings. The molecule has 0 fully saturated rings. The van der Waals surface area contributed by atoms with Crippen molar-refractivity contribution in [2.45, 2.75) is 87.7 Å². The van der Waals surface area contributed by atoms with Gasteiger partial charge in [0, 0.05) is 45.7 Å². The van der Waals surface area contributed by atoms with Crippen LogP contribution >= 0.6 is 17.2 Å². The number of aryl methyl sites for hydroxylation is 8. The summed E-state index contributed by atoms with van der Waals surface area (Å²) in [6.45, 7) is 20.7. The molecule has 0 unspecified atom stereocenters. The third kappa shape index (κ3) is 7.38. The Morgan fingerprint density at radius 3 is 1.31 bits per heavy atom. The van der Waals surface area contributed by atoms with Crippen molar-refractivity contribution < 1.29 is 32.1 Å². The molecule has 2 heterocycles. The number of hydrogen-bond acceptors (Lipinski definition) is 8. The molecule has 0 amide bonds. The van der Waals surface area contributed by atoms with E-state index in [-0.39, 0.29) is 29.9 Å². The highest BCUT2D eigenvalue weighted by molar-refractivity contribution is 7.43. The van der Waals surface area contributed by atoms with Crippen LogP contribution in [0, 0.1) is 65.5 Å². The minimum atomic E-state index is -2.14. The predicted molar refractivity (Wildman–Crippen MR) is 214 cm³/mol. The highest BCUT2D eigenvalue weighted by atomic mass is 31.2. The van der Waals surface area contributed by atoms with Gasteiger partial charge in [-0.05, 0) is 83.7 Å². The van der Waals surface area contributed by atoms with Crippen LogP contribution in [0.3, 0.4) is 0 Å². The summed E-state index contributed by atoms with van der Waals surface area (Å²) >= 11 is 0. The van der Waals surface area contributed by atoms with Crippen LogP contribution in [0.2, 0.25) is 0 Å². The number of hydrogen-bond donors (Lipinski definition) is 0. The van der Waals surface area contributed by atoms with Gasteiger partial charge in [0.05, 0.1) is 17.6 Å². The van der Waals surface area contributed by atoms with E-state index in [1.807, 2.05) is 27.7 Å². The molecule has 0 saturated carbocycles. The first-order chi connectivity index (χ1) is 25.7. The van der Waals surface area contributed by atoms with Gasteiger partial charge in [0.2, 0.25) is 0 Å². The summed E-state index contributed by atoms with van der Waals surface area (Å²) in [4.78, 5) is 11.6. The van der Waals surface area contributed by atoms with Gasteiger partial charge in [-0.3, -0.25) is 14.6 Å². The fraction of sp³-hybridized carbons (Fsp3) is 0.302. The number of nitro benzene ring substituents is 1. The van der Waals surface area contributed by atoms with E-state index < -0.39 is 22.1 Å². The van der Waals surface area contributed by atoms with Crippen LogP contribution < -0.4 is 22.6 Å². The summed E-state index contributed by atoms with van der Waals surface area (Å²) in [5.41, 5.74) is 12.9. The van der Waals surface area contributed by atoms with E-state index in [1.165, 1.54) is 12.1 Å². The maximum absolute atomic E-state index is 12.0. The highest BCUT2D eigenvalue weighted by Crippen LogP contribution is 2.55. The summed E-state index contributed by atoms with van der Waals surface area (Å²) in [7, 11) is -4.12. The van der Waals surface area contributed by atoms with E-state index in [0.717, 1.165) is 78.3 Å². The first-order valence-electron chi connectivity index (χ1n) is 18.0. The van der Waals surface area contributed by atoms with Gasteiger partial charge in [-0.15, -0.1) is 0 Å². The molecular weight excluding hydrogens is 720 g/mol. The zero-order chi connectivity index (χ0) is 38.6. The van der Waals surface area contributed by atoms with E-state index in [9.17, 15) is 10.1 Å². The first kappa shape index (κ1) is 37.6. The molecule has 5 aromatic carbocycles. The van der Waals surface area contributed by atoms with Crippen molar-refractivity contribution in [3.05, 3.63) is 149 Å². The van der Waals surface area contributed by atoms with Gasteiger partial charge in [0.1, 0.15) is 28.7 Å². The number of non-ortho nitro benzene ring substituents is 1. The Kier molecular flexibility index (Phi) is 10.4. The maximum atomic E-state index is 12.0. The monoisotopic (exact) mass is 765 g/mol. The number of fused-ring (bicyclic) bond motifs is 4. The molecule has 2 aliphatic rings. The van der Waals surface area contributed by atoms with Gasteiger partial charge in [0.15, 0.2) is 0 Å². The molecule has 9 nitrogen and oxygen atoms in total. The van der Waals surface area contributed by atoms with Crippen molar-refractivity contribution in [2.24, 2.45) is 0 Å². The lowest BCUT2D eigenvalue weighted by molar-refractivity contribution is -0.384. The molecule has 280 valence electrons. The van der Waals surface area contributed by atoms with E-state index in [1.54, 1.807) is 6.07 Å². The average Bonchev–Trinajstić information content (AvgIpc) is 3.09. The zero-order valence-electron chi connectivity index (χ0n) is 32.3. The molecule has 0 aliphatic carbocycles. The minimum absolute atomic E-state index is 0.0171. The Bertz CT molecular complexity index is 2180. The first-order valence-corrected chi connectivity index (χ1v) is 20.2. The summed E-state index contributed by atoms with van der Waals surface area (Å²) in [5.74, 6) is 3.01. The van der Waals surface area contributed by atoms with Gasteiger partial charge in [-0.2, -0.15) is 0 Å². The summed E-state index contributed by atoms with van der Waals surface area (Å²) in [6.07, 6.45) is 0. The normalized spacial score (nSPS) is 18.7. The molecule has 2 aliphatic heterocycles. The molecule has 54 heavy (non-hydrogen) atoms. The van der Waals surface area contributed by atoms with E-state index in [2.05, 4.69) is 90.1 Å². The highest BCUT2D eigenvalue weighted by Gasteiger charge is 2.34. The van der Waals surface area contributed by atoms with Gasteiger partial charge < -0.3 is 22.6 Å². The molecule has 0 radical (unpaired) electrons. The molecule has 7 rings (SSSR count). The maximum Gasteiger partial charge on any atom is 0.530 e. The average molecular weight is 766 g/mol. The number of nitrogens with zero attached hydrogens (tertiary/aromatic N) is 1. The van der Waals surface area contributed by atoms with E-state index in [4.69, 9.17) is 27.1 Å². The number of nitro groups is 1. The van der Waals surface area contributed by atoms with Gasteiger partial charge in [0.25, 0.3) is 5.69 Å². The van der Waals surface area contributed by atoms with Gasteiger partial charge >= 0.3 is 17.2 Å². The Hall–Kier alpha value is -4.68. The second-order valence-corrected chi connectivity index (χ2v) is 16.7. The SMILES string of the molecule is Cc1cc(C)c2c(c1)C(C)c1cc(C)cc(C)c1OP(OCc1ccc([N+](=O)[O-])cc1OP1Oc3c(C)cc(C)cc3C(C)c3cc(C)cc(C)c3O1)O2. The molecular formula is C43H45NO8P2. The lowest BCUT2D eigenvalue weighted by atomic mass is 9.87. The molecule has 0 aromatic heterocycles. The predicted octanol–water partition coefficient (Wildman–Crippen LogP) is 12.7. The minimum Gasteiger partial charge on any atom is -0.417 e. The van der Waals surface area contributed by atoms with Crippen LogP contribution in [0.5, 0.6) is 28.7 Å². The second-order valence-electron chi connectivity index (χ2n) is 14.7. The van der Waals surface area contributed by atoms with Crippen LogP contribution in [0.25, 0.3) is 0 Å². The Labute approximate surface area is 319 Å². The third-order valence-corrected chi connectivity index (χ3v) is 12.1. The van der Waals surface area contributed by atoms with Crippen LogP contribution in [-0.2, 0) is 11.1 Å². The van der Waals surface area contributed by atoms with Crippen molar-refractivity contribution in [3.63, 3.8) is 0 Å². The van der Waals surface area contributed by atoms with Crippen LogP contribution in [0.1, 0.15) is 98.0 Å². The summed E-state index contributed by atoms with van der Waals surface area (Å²) in [5, 5.41) is 12.0. The molecule has 11 heteroatoms. The lowest BCUT2D eigenvalue weighted by Gasteiger charge is -2.30. The number of rotatable bonds is 6. The van der Waals surface area contributed by atoms with Crippen molar-refractivity contribution in [1.29, 1.82) is 0 Å². The Morgan fingerprint density at radius 2 is 0.944 bits per heavy atom. The molecule has 0 spiro atoms. The van der Waals surface area contributed by atoms with E-state index >= 15 is 0 Å². The van der Waals surface area contributed by atoms with Gasteiger partial charge in [-0.25, -0.2) is 0 Å². The second kappa shape index (κ2) is 14.9.